The second-order valence-electron chi connectivity index (χ2n) is 4.66. The van der Waals surface area contributed by atoms with E-state index in [0.29, 0.717) is 5.92 Å². The van der Waals surface area contributed by atoms with Gasteiger partial charge in [0.25, 0.3) is 0 Å². The fraction of sp³-hybridized carbons (Fsp3) is 0.333. The first-order valence-corrected chi connectivity index (χ1v) is 6.09. The normalized spacial score (nSPS) is 12.9. The van der Waals surface area contributed by atoms with Crippen LogP contribution in [0.3, 0.4) is 0 Å². The number of hydrogen-bond donors (Lipinski definition) is 1. The lowest BCUT2D eigenvalue weighted by Crippen LogP contribution is -2.25. The minimum atomic E-state index is 0.147. The summed E-state index contributed by atoms with van der Waals surface area (Å²) < 4.78 is 5.52. The van der Waals surface area contributed by atoms with Crippen LogP contribution < -0.4 is 5.32 Å². The van der Waals surface area contributed by atoms with E-state index in [1.807, 2.05) is 18.2 Å². The van der Waals surface area contributed by atoms with Gasteiger partial charge in [-0.1, -0.05) is 44.2 Å². The first-order valence-electron chi connectivity index (χ1n) is 6.09. The molecule has 0 saturated heterocycles. The molecule has 2 aromatic rings. The third-order valence-corrected chi connectivity index (χ3v) is 2.69. The number of rotatable bonds is 5. The SMILES string of the molecule is CC(C)CNC(c1ccccc1)c1ccco1. The Bertz CT molecular complexity index is 419. The average molecular weight is 229 g/mol. The van der Waals surface area contributed by atoms with Crippen molar-refractivity contribution in [2.45, 2.75) is 19.9 Å². The van der Waals surface area contributed by atoms with Crippen LogP contribution in [-0.2, 0) is 0 Å². The number of furan rings is 1. The molecular formula is C15H19NO. The third kappa shape index (κ3) is 3.21. The maximum absolute atomic E-state index is 5.52. The van der Waals surface area contributed by atoms with Gasteiger partial charge in [0.2, 0.25) is 0 Å². The zero-order valence-electron chi connectivity index (χ0n) is 10.4. The monoisotopic (exact) mass is 229 g/mol. The zero-order valence-corrected chi connectivity index (χ0v) is 10.4. The second-order valence-corrected chi connectivity index (χ2v) is 4.66. The summed E-state index contributed by atoms with van der Waals surface area (Å²) in [7, 11) is 0. The largest absolute Gasteiger partial charge is 0.467 e. The van der Waals surface area contributed by atoms with Crippen LogP contribution in [0.2, 0.25) is 0 Å². The molecule has 0 bridgehead atoms. The molecule has 90 valence electrons. The summed E-state index contributed by atoms with van der Waals surface area (Å²) in [5.41, 5.74) is 1.24. The van der Waals surface area contributed by atoms with E-state index in [4.69, 9.17) is 4.42 Å². The van der Waals surface area contributed by atoms with Crippen LogP contribution in [0, 0.1) is 5.92 Å². The highest BCUT2D eigenvalue weighted by Crippen LogP contribution is 2.22. The van der Waals surface area contributed by atoms with Crippen molar-refractivity contribution in [3.05, 3.63) is 60.1 Å². The van der Waals surface area contributed by atoms with Gasteiger partial charge < -0.3 is 9.73 Å². The van der Waals surface area contributed by atoms with E-state index in [-0.39, 0.29) is 6.04 Å². The molecule has 0 spiro atoms. The fourth-order valence-electron chi connectivity index (χ4n) is 1.84. The molecule has 0 saturated carbocycles. The molecule has 1 aromatic heterocycles. The van der Waals surface area contributed by atoms with Crippen LogP contribution in [0.5, 0.6) is 0 Å². The summed E-state index contributed by atoms with van der Waals surface area (Å²) in [5.74, 6) is 1.59. The maximum atomic E-state index is 5.52. The molecule has 2 heteroatoms. The van der Waals surface area contributed by atoms with Gasteiger partial charge in [0.1, 0.15) is 5.76 Å². The van der Waals surface area contributed by atoms with E-state index < -0.39 is 0 Å². The van der Waals surface area contributed by atoms with Gasteiger partial charge in [-0.25, -0.2) is 0 Å². The Hall–Kier alpha value is -1.54. The van der Waals surface area contributed by atoms with Crippen molar-refractivity contribution in [2.24, 2.45) is 5.92 Å². The highest BCUT2D eigenvalue weighted by Gasteiger charge is 2.15. The zero-order chi connectivity index (χ0) is 12.1. The molecule has 0 fully saturated rings. The van der Waals surface area contributed by atoms with Crippen LogP contribution in [-0.4, -0.2) is 6.54 Å². The molecule has 1 heterocycles. The summed E-state index contributed by atoms with van der Waals surface area (Å²) in [6, 6.07) is 14.5. The summed E-state index contributed by atoms with van der Waals surface area (Å²) >= 11 is 0. The number of nitrogens with one attached hydrogen (secondary N) is 1. The van der Waals surface area contributed by atoms with Crippen LogP contribution >= 0.6 is 0 Å². The lowest BCUT2D eigenvalue weighted by Gasteiger charge is -2.18. The molecule has 0 aliphatic heterocycles. The molecule has 17 heavy (non-hydrogen) atoms. The van der Waals surface area contributed by atoms with Crippen molar-refractivity contribution in [3.8, 4) is 0 Å². The van der Waals surface area contributed by atoms with Crippen molar-refractivity contribution in [2.75, 3.05) is 6.54 Å². The van der Waals surface area contributed by atoms with Crippen LogP contribution in [0.1, 0.15) is 31.2 Å². The second kappa shape index (κ2) is 5.69. The lowest BCUT2D eigenvalue weighted by molar-refractivity contribution is 0.427. The van der Waals surface area contributed by atoms with Gasteiger partial charge >= 0.3 is 0 Å². The Kier molecular flexibility index (Phi) is 3.99. The smallest absolute Gasteiger partial charge is 0.125 e. The molecule has 1 unspecified atom stereocenters. The minimum absolute atomic E-state index is 0.147. The van der Waals surface area contributed by atoms with Gasteiger partial charge in [0.05, 0.1) is 12.3 Å². The average Bonchev–Trinajstić information content (AvgIpc) is 2.84. The Labute approximate surface area is 103 Å². The number of hydrogen-bond acceptors (Lipinski definition) is 2. The standard InChI is InChI=1S/C15H19NO/c1-12(2)11-16-15(14-9-6-10-17-14)13-7-4-3-5-8-13/h3-10,12,15-16H,11H2,1-2H3. The predicted octanol–water partition coefficient (Wildman–Crippen LogP) is 3.61. The topological polar surface area (TPSA) is 25.2 Å². The van der Waals surface area contributed by atoms with Crippen LogP contribution in [0.15, 0.2) is 53.1 Å². The maximum Gasteiger partial charge on any atom is 0.125 e. The molecule has 2 nitrogen and oxygen atoms in total. The Morgan fingerprint density at radius 3 is 2.41 bits per heavy atom. The lowest BCUT2D eigenvalue weighted by atomic mass is 10.0. The Morgan fingerprint density at radius 1 is 1.06 bits per heavy atom. The van der Waals surface area contributed by atoms with Gasteiger partial charge in [-0.15, -0.1) is 0 Å². The Balaban J connectivity index is 2.19. The predicted molar refractivity (Wildman–Crippen MR) is 69.8 cm³/mol. The molecule has 0 amide bonds. The van der Waals surface area contributed by atoms with E-state index >= 15 is 0 Å². The van der Waals surface area contributed by atoms with E-state index in [9.17, 15) is 0 Å². The van der Waals surface area contributed by atoms with Crippen LogP contribution in [0.25, 0.3) is 0 Å². The van der Waals surface area contributed by atoms with E-state index in [2.05, 4.69) is 43.4 Å². The summed E-state index contributed by atoms with van der Waals surface area (Å²) in [6.07, 6.45) is 1.72. The van der Waals surface area contributed by atoms with Crippen molar-refractivity contribution >= 4 is 0 Å². The summed E-state index contributed by atoms with van der Waals surface area (Å²) in [5, 5.41) is 3.54. The molecule has 0 aliphatic carbocycles. The first-order chi connectivity index (χ1) is 8.27. The summed E-state index contributed by atoms with van der Waals surface area (Å²) in [4.78, 5) is 0. The van der Waals surface area contributed by atoms with Gasteiger partial charge in [0, 0.05) is 0 Å². The first kappa shape index (κ1) is 11.9. The van der Waals surface area contributed by atoms with Crippen molar-refractivity contribution < 1.29 is 4.42 Å². The van der Waals surface area contributed by atoms with Crippen LogP contribution in [0.4, 0.5) is 0 Å². The Morgan fingerprint density at radius 2 is 1.82 bits per heavy atom. The summed E-state index contributed by atoms with van der Waals surface area (Å²) in [6.45, 7) is 5.38. The number of benzene rings is 1. The van der Waals surface area contributed by atoms with Crippen molar-refractivity contribution in [1.29, 1.82) is 0 Å². The van der Waals surface area contributed by atoms with Gasteiger partial charge in [0.15, 0.2) is 0 Å². The molecule has 0 radical (unpaired) electrons. The molecule has 1 aromatic carbocycles. The third-order valence-electron chi connectivity index (χ3n) is 2.69. The van der Waals surface area contributed by atoms with Crippen molar-refractivity contribution in [3.63, 3.8) is 0 Å². The van der Waals surface area contributed by atoms with Crippen molar-refractivity contribution in [1.82, 2.24) is 5.32 Å². The van der Waals surface area contributed by atoms with Gasteiger partial charge in [-0.2, -0.15) is 0 Å². The molecule has 2 rings (SSSR count). The molecule has 1 N–H and O–H groups in total. The fourth-order valence-corrected chi connectivity index (χ4v) is 1.84. The van der Waals surface area contributed by atoms with Gasteiger partial charge in [-0.3, -0.25) is 0 Å². The molecular weight excluding hydrogens is 210 g/mol. The highest BCUT2D eigenvalue weighted by molar-refractivity contribution is 5.26. The highest BCUT2D eigenvalue weighted by atomic mass is 16.3. The minimum Gasteiger partial charge on any atom is -0.467 e. The van der Waals surface area contributed by atoms with E-state index in [0.717, 1.165) is 12.3 Å². The van der Waals surface area contributed by atoms with E-state index in [1.165, 1.54) is 5.56 Å². The molecule has 1 atom stereocenters. The van der Waals surface area contributed by atoms with E-state index in [1.54, 1.807) is 6.26 Å². The quantitative estimate of drug-likeness (QED) is 0.847. The van der Waals surface area contributed by atoms with Gasteiger partial charge in [-0.05, 0) is 30.2 Å². The molecule has 0 aliphatic rings.